The Kier molecular flexibility index (Phi) is 3.18. The molecule has 1 aliphatic carbocycles. The Morgan fingerprint density at radius 3 is 2.89 bits per heavy atom. The van der Waals surface area contributed by atoms with Crippen LogP contribution in [0.1, 0.15) is 23.6 Å². The van der Waals surface area contributed by atoms with Crippen molar-refractivity contribution in [1.29, 1.82) is 0 Å². The Hall–Kier alpha value is -0.860. The van der Waals surface area contributed by atoms with E-state index >= 15 is 0 Å². The molecule has 1 aromatic carbocycles. The quantitative estimate of drug-likeness (QED) is 0.786. The van der Waals surface area contributed by atoms with Gasteiger partial charge in [0.1, 0.15) is 7.14 Å². The van der Waals surface area contributed by atoms with Crippen LogP contribution < -0.4 is 5.30 Å². The maximum atomic E-state index is 12.1. The van der Waals surface area contributed by atoms with Crippen LogP contribution in [-0.2, 0) is 11.0 Å². The molecule has 0 radical (unpaired) electrons. The highest BCUT2D eigenvalue weighted by Crippen LogP contribution is 2.38. The van der Waals surface area contributed by atoms with Crippen LogP contribution in [0.4, 0.5) is 0 Å². The van der Waals surface area contributed by atoms with Gasteiger partial charge in [-0.3, -0.25) is 4.68 Å². The van der Waals surface area contributed by atoms with Crippen molar-refractivity contribution in [2.45, 2.75) is 18.9 Å². The Balaban J connectivity index is 2.00. The summed E-state index contributed by atoms with van der Waals surface area (Å²) in [5, 5.41) is 5.28. The molecule has 0 N–H and O–H groups in total. The summed E-state index contributed by atoms with van der Waals surface area (Å²) in [6.07, 6.45) is 5.83. The Bertz CT molecular complexity index is 674. The topological polar surface area (TPSA) is 34.9 Å². The lowest BCUT2D eigenvalue weighted by molar-refractivity contribution is 0.520. The molecule has 0 bridgehead atoms. The van der Waals surface area contributed by atoms with E-state index in [1.54, 1.807) is 19.5 Å². The van der Waals surface area contributed by atoms with Crippen molar-refractivity contribution < 1.29 is 4.57 Å². The summed E-state index contributed by atoms with van der Waals surface area (Å²) in [4.78, 5) is 0. The molecule has 0 spiro atoms. The van der Waals surface area contributed by atoms with Crippen molar-refractivity contribution in [3.05, 3.63) is 46.2 Å². The van der Waals surface area contributed by atoms with Crippen molar-refractivity contribution >= 4 is 28.4 Å². The van der Waals surface area contributed by atoms with Crippen LogP contribution in [0, 0.1) is 0 Å². The fourth-order valence-corrected chi connectivity index (χ4v) is 3.71. The maximum Gasteiger partial charge on any atom is 0.112 e. The zero-order chi connectivity index (χ0) is 13.6. The van der Waals surface area contributed by atoms with Gasteiger partial charge >= 0.3 is 0 Å². The van der Waals surface area contributed by atoms with Gasteiger partial charge in [0.25, 0.3) is 0 Å². The Labute approximate surface area is 121 Å². The van der Waals surface area contributed by atoms with E-state index in [0.29, 0.717) is 0 Å². The molecule has 100 valence electrons. The molecular formula is C14H16BrN2OP. The largest absolute Gasteiger partial charge is 0.319 e. The number of aromatic nitrogens is 2. The van der Waals surface area contributed by atoms with Gasteiger partial charge in [-0.1, -0.05) is 22.0 Å². The van der Waals surface area contributed by atoms with Gasteiger partial charge in [-0.2, -0.15) is 5.10 Å². The van der Waals surface area contributed by atoms with E-state index in [1.807, 2.05) is 10.9 Å². The molecule has 1 unspecified atom stereocenters. The second-order valence-corrected chi connectivity index (χ2v) is 9.56. The third kappa shape index (κ3) is 2.44. The molecule has 1 aliphatic rings. The highest BCUT2D eigenvalue weighted by atomic mass is 79.9. The molecule has 0 amide bonds. The van der Waals surface area contributed by atoms with Crippen molar-refractivity contribution in [2.75, 3.05) is 13.3 Å². The van der Waals surface area contributed by atoms with E-state index in [2.05, 4.69) is 39.2 Å². The third-order valence-electron chi connectivity index (χ3n) is 3.68. The number of fused-ring (bicyclic) bond motifs is 1. The third-order valence-corrected chi connectivity index (χ3v) is 5.65. The molecule has 0 aliphatic heterocycles. The van der Waals surface area contributed by atoms with Crippen LogP contribution in [-0.4, -0.2) is 23.1 Å². The van der Waals surface area contributed by atoms with E-state index in [1.165, 1.54) is 11.1 Å². The van der Waals surface area contributed by atoms with Crippen LogP contribution >= 0.6 is 23.1 Å². The molecule has 0 saturated carbocycles. The van der Waals surface area contributed by atoms with E-state index in [-0.39, 0.29) is 6.04 Å². The van der Waals surface area contributed by atoms with Crippen molar-refractivity contribution in [3.63, 3.8) is 0 Å². The van der Waals surface area contributed by atoms with Gasteiger partial charge in [-0.05, 0) is 49.4 Å². The van der Waals surface area contributed by atoms with Gasteiger partial charge in [-0.25, -0.2) is 0 Å². The number of hydrogen-bond acceptors (Lipinski definition) is 2. The van der Waals surface area contributed by atoms with Gasteiger partial charge in [0.05, 0.1) is 12.2 Å². The molecule has 1 aromatic heterocycles. The SMILES string of the molecule is CP(C)(=O)c1cnn(C2CCc3ccc(Br)cc32)c1. The molecular weight excluding hydrogens is 323 g/mol. The minimum Gasteiger partial charge on any atom is -0.319 e. The van der Waals surface area contributed by atoms with Gasteiger partial charge in [0.2, 0.25) is 0 Å². The average Bonchev–Trinajstić information content (AvgIpc) is 2.92. The Morgan fingerprint density at radius 2 is 2.21 bits per heavy atom. The van der Waals surface area contributed by atoms with Crippen molar-refractivity contribution in [2.24, 2.45) is 0 Å². The minimum absolute atomic E-state index is 0.271. The summed E-state index contributed by atoms with van der Waals surface area (Å²) in [7, 11) is -2.22. The monoisotopic (exact) mass is 338 g/mol. The molecule has 19 heavy (non-hydrogen) atoms. The predicted octanol–water partition coefficient (Wildman–Crippen LogP) is 3.43. The zero-order valence-electron chi connectivity index (χ0n) is 11.0. The lowest BCUT2D eigenvalue weighted by Crippen LogP contribution is -2.08. The molecule has 5 heteroatoms. The van der Waals surface area contributed by atoms with Crippen LogP contribution in [0.3, 0.4) is 0 Å². The summed E-state index contributed by atoms with van der Waals surface area (Å²) in [6.45, 7) is 3.57. The summed E-state index contributed by atoms with van der Waals surface area (Å²) in [5.74, 6) is 0. The van der Waals surface area contributed by atoms with Crippen LogP contribution in [0.2, 0.25) is 0 Å². The van der Waals surface area contributed by atoms with Gasteiger partial charge < -0.3 is 4.57 Å². The lowest BCUT2D eigenvalue weighted by Gasteiger charge is -2.12. The first-order valence-electron chi connectivity index (χ1n) is 6.33. The summed E-state index contributed by atoms with van der Waals surface area (Å²) in [6, 6.07) is 6.70. The van der Waals surface area contributed by atoms with Gasteiger partial charge in [-0.15, -0.1) is 0 Å². The van der Waals surface area contributed by atoms with E-state index in [9.17, 15) is 4.57 Å². The lowest BCUT2D eigenvalue weighted by atomic mass is 10.1. The molecule has 3 rings (SSSR count). The van der Waals surface area contributed by atoms with E-state index < -0.39 is 7.14 Å². The van der Waals surface area contributed by atoms with E-state index in [4.69, 9.17) is 0 Å². The first-order valence-corrected chi connectivity index (χ1v) is 9.72. The highest BCUT2D eigenvalue weighted by Gasteiger charge is 2.25. The normalized spacial score (nSPS) is 18.6. The molecule has 0 fully saturated rings. The summed E-state index contributed by atoms with van der Waals surface area (Å²) < 4.78 is 15.1. The number of hydrogen-bond donors (Lipinski definition) is 0. The number of benzene rings is 1. The van der Waals surface area contributed by atoms with Crippen molar-refractivity contribution in [3.8, 4) is 0 Å². The Morgan fingerprint density at radius 1 is 1.42 bits per heavy atom. The van der Waals surface area contributed by atoms with Crippen LogP contribution in [0.5, 0.6) is 0 Å². The zero-order valence-corrected chi connectivity index (χ0v) is 13.5. The first-order chi connectivity index (χ1) is 8.95. The smallest absolute Gasteiger partial charge is 0.112 e. The molecule has 3 nitrogen and oxygen atoms in total. The standard InChI is InChI=1S/C14H16BrN2OP/c1-19(2,18)12-8-16-17(9-12)14-6-4-10-3-5-11(15)7-13(10)14/h3,5,7-9,14H,4,6H2,1-2H3. The highest BCUT2D eigenvalue weighted by molar-refractivity contribution is 9.10. The number of aryl methyl sites for hydroxylation is 1. The molecule has 0 saturated heterocycles. The number of nitrogens with zero attached hydrogens (tertiary/aromatic N) is 2. The number of halogens is 1. The molecule has 1 heterocycles. The van der Waals surface area contributed by atoms with E-state index in [0.717, 1.165) is 22.6 Å². The van der Waals surface area contributed by atoms with Gasteiger partial charge in [0, 0.05) is 16.0 Å². The minimum atomic E-state index is -2.22. The summed E-state index contributed by atoms with van der Waals surface area (Å²) >= 11 is 3.53. The average molecular weight is 339 g/mol. The summed E-state index contributed by atoms with van der Waals surface area (Å²) in [5.41, 5.74) is 2.72. The fraction of sp³-hybridized carbons (Fsp3) is 0.357. The van der Waals surface area contributed by atoms with Gasteiger partial charge in [0.15, 0.2) is 0 Å². The van der Waals surface area contributed by atoms with Crippen LogP contribution in [0.25, 0.3) is 0 Å². The first kappa shape index (κ1) is 13.1. The number of rotatable bonds is 2. The second-order valence-electron chi connectivity index (χ2n) is 5.43. The molecule has 2 aromatic rings. The fourth-order valence-electron chi connectivity index (χ4n) is 2.60. The molecule has 1 atom stereocenters. The second kappa shape index (κ2) is 4.60. The van der Waals surface area contributed by atoms with Crippen LogP contribution in [0.15, 0.2) is 35.1 Å². The van der Waals surface area contributed by atoms with Crippen molar-refractivity contribution in [1.82, 2.24) is 9.78 Å². The predicted molar refractivity (Wildman–Crippen MR) is 81.9 cm³/mol. The maximum absolute atomic E-state index is 12.1.